The van der Waals surface area contributed by atoms with Gasteiger partial charge in [0.05, 0.1) is 13.7 Å². The number of likely N-dealkylation sites (N-methyl/N-ethyl adjacent to an activating group) is 1. The molecule has 0 radical (unpaired) electrons. The Morgan fingerprint density at radius 3 is 2.54 bits per heavy atom. The zero-order chi connectivity index (χ0) is 19.3. The number of ether oxygens (including phenoxy) is 1. The van der Waals surface area contributed by atoms with Gasteiger partial charge in [0, 0.05) is 32.1 Å². The van der Waals surface area contributed by atoms with E-state index in [1.165, 1.54) is 33.3 Å². The Morgan fingerprint density at radius 2 is 1.96 bits per heavy atom. The first kappa shape index (κ1) is 20.2. The van der Waals surface area contributed by atoms with Crippen LogP contribution in [-0.2, 0) is 21.4 Å². The Morgan fingerprint density at radius 1 is 1.23 bits per heavy atom. The van der Waals surface area contributed by atoms with Crippen molar-refractivity contribution >= 4 is 33.3 Å². The van der Waals surface area contributed by atoms with Gasteiger partial charge in [0.15, 0.2) is 0 Å². The Balaban J connectivity index is 2.21. The first-order valence-corrected chi connectivity index (χ1v) is 10.1. The summed E-state index contributed by atoms with van der Waals surface area (Å²) in [5, 5.41) is 1.97. The van der Waals surface area contributed by atoms with E-state index < -0.39 is 10.0 Å². The molecule has 140 valence electrons. The van der Waals surface area contributed by atoms with E-state index in [9.17, 15) is 13.2 Å². The molecule has 0 saturated carbocycles. The number of nitrogens with zero attached hydrogens (tertiary/aromatic N) is 2. The Hall–Kier alpha value is -2.16. The van der Waals surface area contributed by atoms with Crippen LogP contribution in [0.4, 0.5) is 0 Å². The van der Waals surface area contributed by atoms with Crippen molar-refractivity contribution in [1.82, 2.24) is 9.21 Å². The fourth-order valence-corrected chi connectivity index (χ4v) is 4.05. The molecule has 8 heteroatoms. The Bertz CT molecular complexity index is 888. The summed E-state index contributed by atoms with van der Waals surface area (Å²) in [7, 11) is 2.41. The molecule has 0 spiro atoms. The molecule has 1 aromatic carbocycles. The van der Waals surface area contributed by atoms with Gasteiger partial charge in [0.25, 0.3) is 0 Å². The van der Waals surface area contributed by atoms with E-state index >= 15 is 0 Å². The molecule has 0 N–H and O–H groups in total. The van der Waals surface area contributed by atoms with E-state index in [1.807, 2.05) is 17.5 Å². The van der Waals surface area contributed by atoms with Crippen LogP contribution >= 0.6 is 11.3 Å². The molecule has 0 fully saturated rings. The standard InChI is InChI=1S/C18H22N2O4S2/c1-19(2)26(22,23)17-12-14(7-9-16(17)24-4)8-10-18(21)20(3)13-15-6-5-11-25-15/h5-12H,13H2,1-4H3/b10-8+. The van der Waals surface area contributed by atoms with E-state index in [0.29, 0.717) is 12.1 Å². The van der Waals surface area contributed by atoms with Crippen molar-refractivity contribution in [3.05, 3.63) is 52.2 Å². The van der Waals surface area contributed by atoms with Gasteiger partial charge >= 0.3 is 0 Å². The fraction of sp³-hybridized carbons (Fsp3) is 0.278. The number of hydrogen-bond acceptors (Lipinski definition) is 5. The van der Waals surface area contributed by atoms with Gasteiger partial charge in [-0.1, -0.05) is 12.1 Å². The van der Waals surface area contributed by atoms with Crippen LogP contribution in [0.2, 0.25) is 0 Å². The second kappa shape index (κ2) is 8.48. The van der Waals surface area contributed by atoms with Gasteiger partial charge < -0.3 is 9.64 Å². The van der Waals surface area contributed by atoms with E-state index in [0.717, 1.165) is 9.18 Å². The lowest BCUT2D eigenvalue weighted by Gasteiger charge is -2.15. The predicted octanol–water partition coefficient (Wildman–Crippen LogP) is 2.68. The topological polar surface area (TPSA) is 66.9 Å². The zero-order valence-electron chi connectivity index (χ0n) is 15.2. The molecule has 6 nitrogen and oxygen atoms in total. The molecule has 1 aromatic heterocycles. The van der Waals surface area contributed by atoms with Gasteiger partial charge in [0.2, 0.25) is 15.9 Å². The molecule has 0 bridgehead atoms. The van der Waals surface area contributed by atoms with Crippen LogP contribution in [0.25, 0.3) is 6.08 Å². The van der Waals surface area contributed by atoms with Gasteiger partial charge in [-0.2, -0.15) is 0 Å². The lowest BCUT2D eigenvalue weighted by atomic mass is 10.2. The predicted molar refractivity (Wildman–Crippen MR) is 104 cm³/mol. The van der Waals surface area contributed by atoms with E-state index in [2.05, 4.69) is 0 Å². The van der Waals surface area contributed by atoms with E-state index in [4.69, 9.17) is 4.74 Å². The lowest BCUT2D eigenvalue weighted by Crippen LogP contribution is -2.23. The highest BCUT2D eigenvalue weighted by atomic mass is 32.2. The first-order valence-electron chi connectivity index (χ1n) is 7.82. The van der Waals surface area contributed by atoms with Gasteiger partial charge in [-0.3, -0.25) is 4.79 Å². The number of hydrogen-bond donors (Lipinski definition) is 0. The third-order valence-corrected chi connectivity index (χ3v) is 6.41. The summed E-state index contributed by atoms with van der Waals surface area (Å²) in [5.41, 5.74) is 0.601. The normalized spacial score (nSPS) is 11.9. The van der Waals surface area contributed by atoms with E-state index in [1.54, 1.807) is 41.5 Å². The molecular weight excluding hydrogens is 372 g/mol. The smallest absolute Gasteiger partial charge is 0.246 e. The molecular formula is C18H22N2O4S2. The Kier molecular flexibility index (Phi) is 6.57. The van der Waals surface area contributed by atoms with E-state index in [-0.39, 0.29) is 16.6 Å². The van der Waals surface area contributed by atoms with Gasteiger partial charge in [-0.05, 0) is 35.2 Å². The number of rotatable bonds is 7. The summed E-state index contributed by atoms with van der Waals surface area (Å²) in [4.78, 5) is 15.0. The molecule has 0 unspecified atom stereocenters. The minimum absolute atomic E-state index is 0.0616. The number of benzene rings is 1. The van der Waals surface area contributed by atoms with Crippen molar-refractivity contribution in [2.75, 3.05) is 28.3 Å². The number of methoxy groups -OCH3 is 1. The molecule has 1 amide bonds. The van der Waals surface area contributed by atoms with Crippen LogP contribution in [-0.4, -0.2) is 51.8 Å². The monoisotopic (exact) mass is 394 g/mol. The average molecular weight is 395 g/mol. The highest BCUT2D eigenvalue weighted by Gasteiger charge is 2.22. The summed E-state index contributed by atoms with van der Waals surface area (Å²) >= 11 is 1.59. The lowest BCUT2D eigenvalue weighted by molar-refractivity contribution is -0.125. The fourth-order valence-electron chi connectivity index (χ4n) is 2.20. The largest absolute Gasteiger partial charge is 0.495 e. The van der Waals surface area contributed by atoms with Crippen molar-refractivity contribution in [3.63, 3.8) is 0 Å². The van der Waals surface area contributed by atoms with Crippen LogP contribution < -0.4 is 4.74 Å². The molecule has 0 aliphatic heterocycles. The number of sulfonamides is 1. The first-order chi connectivity index (χ1) is 12.3. The number of thiophene rings is 1. The molecule has 0 saturated heterocycles. The van der Waals surface area contributed by atoms with Crippen molar-refractivity contribution in [2.45, 2.75) is 11.4 Å². The third kappa shape index (κ3) is 4.72. The second-order valence-corrected chi connectivity index (χ2v) is 8.96. The molecule has 2 aromatic rings. The molecule has 0 aliphatic rings. The van der Waals surface area contributed by atoms with Crippen molar-refractivity contribution in [1.29, 1.82) is 0 Å². The summed E-state index contributed by atoms with van der Waals surface area (Å²) < 4.78 is 31.2. The average Bonchev–Trinajstić information content (AvgIpc) is 3.12. The number of amides is 1. The maximum absolute atomic E-state index is 12.4. The van der Waals surface area contributed by atoms with Crippen molar-refractivity contribution in [2.24, 2.45) is 0 Å². The minimum Gasteiger partial charge on any atom is -0.495 e. The number of carbonyl (C=O) groups excluding carboxylic acids is 1. The molecule has 2 rings (SSSR count). The molecule has 26 heavy (non-hydrogen) atoms. The molecule has 1 heterocycles. The third-order valence-electron chi connectivity index (χ3n) is 3.71. The second-order valence-electron chi connectivity index (χ2n) is 5.80. The molecule has 0 atom stereocenters. The minimum atomic E-state index is -3.65. The van der Waals surface area contributed by atoms with Crippen LogP contribution in [0.15, 0.2) is 46.7 Å². The van der Waals surface area contributed by atoms with Gasteiger partial charge in [0.1, 0.15) is 10.6 Å². The van der Waals surface area contributed by atoms with Crippen LogP contribution in [0.3, 0.4) is 0 Å². The number of carbonyl (C=O) groups is 1. The highest BCUT2D eigenvalue weighted by molar-refractivity contribution is 7.89. The van der Waals surface area contributed by atoms with Crippen LogP contribution in [0.5, 0.6) is 5.75 Å². The summed E-state index contributed by atoms with van der Waals surface area (Å²) in [6.45, 7) is 0.531. The quantitative estimate of drug-likeness (QED) is 0.677. The SMILES string of the molecule is COc1ccc(/C=C/C(=O)N(C)Cc2cccs2)cc1S(=O)(=O)N(C)C. The maximum Gasteiger partial charge on any atom is 0.246 e. The maximum atomic E-state index is 12.4. The summed E-state index contributed by atoms with van der Waals surface area (Å²) in [5.74, 6) is 0.100. The van der Waals surface area contributed by atoms with Crippen LogP contribution in [0, 0.1) is 0 Å². The summed E-state index contributed by atoms with van der Waals surface area (Å²) in [6.07, 6.45) is 3.03. The van der Waals surface area contributed by atoms with Crippen molar-refractivity contribution in [3.8, 4) is 5.75 Å². The Labute approximate surface area is 158 Å². The van der Waals surface area contributed by atoms with Gasteiger partial charge in [-0.15, -0.1) is 11.3 Å². The molecule has 0 aliphatic carbocycles. The zero-order valence-corrected chi connectivity index (χ0v) is 16.8. The summed E-state index contributed by atoms with van der Waals surface area (Å²) in [6, 6.07) is 8.70. The van der Waals surface area contributed by atoms with Crippen molar-refractivity contribution < 1.29 is 17.9 Å². The van der Waals surface area contributed by atoms with Crippen LogP contribution in [0.1, 0.15) is 10.4 Å². The van der Waals surface area contributed by atoms with Gasteiger partial charge in [-0.25, -0.2) is 12.7 Å². The highest BCUT2D eigenvalue weighted by Crippen LogP contribution is 2.27.